The van der Waals surface area contributed by atoms with Crippen LogP contribution in [0.3, 0.4) is 0 Å². The van der Waals surface area contributed by atoms with Crippen molar-refractivity contribution in [2.45, 2.75) is 19.0 Å². The first-order valence-corrected chi connectivity index (χ1v) is 8.92. The Labute approximate surface area is 154 Å². The van der Waals surface area contributed by atoms with Gasteiger partial charge in [0.15, 0.2) is 0 Å². The molecule has 12 heteroatoms. The van der Waals surface area contributed by atoms with Gasteiger partial charge in [-0.25, -0.2) is 4.79 Å². The number of esters is 1. The summed E-state index contributed by atoms with van der Waals surface area (Å²) in [5.74, 6) is -1.52. The molecule has 0 spiro atoms. The van der Waals surface area contributed by atoms with Crippen molar-refractivity contribution < 1.29 is 34.1 Å². The minimum absolute atomic E-state index is 0.0478. The number of rotatable bonds is 5. The predicted octanol–water partition coefficient (Wildman–Crippen LogP) is -0.581. The second-order valence-electron chi connectivity index (χ2n) is 4.04. The largest absolute Gasteiger partial charge is 0.480 e. The monoisotopic (exact) mass is 404 g/mol. The lowest BCUT2D eigenvalue weighted by atomic mass is 10.3. The van der Waals surface area contributed by atoms with Crippen molar-refractivity contribution in [3.8, 4) is 0 Å². The predicted molar refractivity (Wildman–Crippen MR) is 93.7 cm³/mol. The molecule has 1 rings (SSSR count). The number of hydrogen-bond donors (Lipinski definition) is 5. The molecule has 2 atom stereocenters. The third kappa shape index (κ3) is 14.4. The highest BCUT2D eigenvalue weighted by Gasteiger charge is 2.23. The molecular formula is C12H21ClN2O7S2. The zero-order chi connectivity index (χ0) is 19.1. The van der Waals surface area contributed by atoms with Gasteiger partial charge in [-0.2, -0.15) is 12.6 Å². The number of thiol groups is 1. The molecule has 0 bridgehead atoms. The van der Waals surface area contributed by atoms with Crippen molar-refractivity contribution in [3.63, 3.8) is 0 Å². The first-order chi connectivity index (χ1) is 11.2. The molecular weight excluding hydrogens is 384 g/mol. The summed E-state index contributed by atoms with van der Waals surface area (Å²) >= 11 is 10.1. The van der Waals surface area contributed by atoms with Crippen LogP contribution in [-0.2, 0) is 23.9 Å². The van der Waals surface area contributed by atoms with Gasteiger partial charge in [-0.3, -0.25) is 14.4 Å². The fourth-order valence-corrected chi connectivity index (χ4v) is 2.04. The number of hydrogen-bond acceptors (Lipinski definition) is 8. The van der Waals surface area contributed by atoms with Gasteiger partial charge in [-0.15, -0.1) is 23.4 Å². The summed E-state index contributed by atoms with van der Waals surface area (Å²) in [6.07, 6.45) is 0. The van der Waals surface area contributed by atoms with Crippen molar-refractivity contribution in [2.75, 3.05) is 29.7 Å². The van der Waals surface area contributed by atoms with Crippen LogP contribution in [0, 0.1) is 0 Å². The Balaban J connectivity index is 0. The Morgan fingerprint density at radius 2 is 2.08 bits per heavy atom. The van der Waals surface area contributed by atoms with Crippen LogP contribution < -0.4 is 11.1 Å². The van der Waals surface area contributed by atoms with Crippen molar-refractivity contribution in [1.82, 2.24) is 5.32 Å². The maximum atomic E-state index is 10.6. The van der Waals surface area contributed by atoms with Crippen LogP contribution in [0.1, 0.15) is 6.92 Å². The lowest BCUT2D eigenvalue weighted by molar-refractivity contribution is -0.141. The van der Waals surface area contributed by atoms with E-state index in [-0.39, 0.29) is 23.5 Å². The molecule has 24 heavy (non-hydrogen) atoms. The van der Waals surface area contributed by atoms with Gasteiger partial charge in [0.05, 0.1) is 12.4 Å². The zero-order valence-corrected chi connectivity index (χ0v) is 15.4. The molecule has 0 radical (unpaired) electrons. The normalized spacial score (nSPS) is 17.0. The third-order valence-electron chi connectivity index (χ3n) is 2.08. The SMILES string of the molecule is CCOC(=O)CCl.N[C@H](CS)C(=O)O.O=C1CSCC(C(=O)O)N1. The van der Waals surface area contributed by atoms with Gasteiger partial charge in [0, 0.05) is 11.5 Å². The summed E-state index contributed by atoms with van der Waals surface area (Å²) in [5.41, 5.74) is 4.94. The Kier molecular flexibility index (Phi) is 16.1. The Bertz CT molecular complexity index is 422. The van der Waals surface area contributed by atoms with Gasteiger partial charge < -0.3 is 26.0 Å². The molecule has 1 saturated heterocycles. The van der Waals surface area contributed by atoms with Gasteiger partial charge in [0.2, 0.25) is 5.91 Å². The Hall–Kier alpha value is -1.17. The molecule has 1 fully saturated rings. The topological polar surface area (TPSA) is 156 Å². The number of thioether (sulfide) groups is 1. The van der Waals surface area contributed by atoms with Gasteiger partial charge in [-0.05, 0) is 6.92 Å². The summed E-state index contributed by atoms with van der Waals surface area (Å²) in [4.78, 5) is 40.7. The minimum atomic E-state index is -1.00. The lowest BCUT2D eigenvalue weighted by Gasteiger charge is -2.18. The highest BCUT2D eigenvalue weighted by molar-refractivity contribution is 8.00. The highest BCUT2D eigenvalue weighted by atomic mass is 35.5. The van der Waals surface area contributed by atoms with Gasteiger partial charge in [0.1, 0.15) is 18.0 Å². The fraction of sp³-hybridized carbons (Fsp3) is 0.667. The van der Waals surface area contributed by atoms with Crippen LogP contribution in [0.15, 0.2) is 0 Å². The molecule has 0 saturated carbocycles. The smallest absolute Gasteiger partial charge is 0.327 e. The van der Waals surface area contributed by atoms with E-state index in [9.17, 15) is 19.2 Å². The van der Waals surface area contributed by atoms with E-state index in [1.54, 1.807) is 6.92 Å². The first-order valence-electron chi connectivity index (χ1n) is 6.60. The van der Waals surface area contributed by atoms with Crippen molar-refractivity contribution in [2.24, 2.45) is 5.73 Å². The van der Waals surface area contributed by atoms with E-state index >= 15 is 0 Å². The fourth-order valence-electron chi connectivity index (χ4n) is 0.958. The third-order valence-corrected chi connectivity index (χ3v) is 3.73. The molecule has 9 nitrogen and oxygen atoms in total. The van der Waals surface area contributed by atoms with Crippen LogP contribution >= 0.6 is 36.0 Å². The van der Waals surface area contributed by atoms with Gasteiger partial charge in [-0.1, -0.05) is 0 Å². The van der Waals surface area contributed by atoms with E-state index in [4.69, 9.17) is 27.5 Å². The van der Waals surface area contributed by atoms with Crippen LogP contribution in [0.4, 0.5) is 0 Å². The Morgan fingerprint density at radius 3 is 2.29 bits per heavy atom. The van der Waals surface area contributed by atoms with E-state index < -0.39 is 24.0 Å². The number of aliphatic carboxylic acids is 2. The quantitative estimate of drug-likeness (QED) is 0.230. The first kappa shape index (κ1) is 25.1. The lowest BCUT2D eigenvalue weighted by Crippen LogP contribution is -2.46. The number of alkyl halides is 1. The standard InChI is InChI=1S/C5H7NO3S.C4H7ClO2.C3H7NO2S/c7-4-2-10-1-3(6-4)5(8)9;1-2-7-4(6)3-5;4-2(1-7)3(5)6/h3H,1-2H2,(H,6,7)(H,8,9);2-3H2,1H3;2,7H,1,4H2,(H,5,6)/t;;2-/m..1/s1. The maximum Gasteiger partial charge on any atom is 0.327 e. The second-order valence-corrected chi connectivity index (χ2v) is 5.70. The average Bonchev–Trinajstić information content (AvgIpc) is 2.55. The Morgan fingerprint density at radius 1 is 1.50 bits per heavy atom. The van der Waals surface area contributed by atoms with Crippen LogP contribution in [0.25, 0.3) is 0 Å². The van der Waals surface area contributed by atoms with E-state index in [1.165, 1.54) is 11.8 Å². The summed E-state index contributed by atoms with van der Waals surface area (Å²) < 4.78 is 4.42. The second kappa shape index (κ2) is 15.4. The maximum absolute atomic E-state index is 10.6. The summed E-state index contributed by atoms with van der Waals surface area (Å²) in [5, 5.41) is 18.8. The molecule has 5 N–H and O–H groups in total. The van der Waals surface area contributed by atoms with Crippen LogP contribution in [0.5, 0.6) is 0 Å². The molecule has 1 unspecified atom stereocenters. The molecule has 0 aromatic carbocycles. The number of carbonyl (C=O) groups is 4. The van der Waals surface area contributed by atoms with E-state index in [0.717, 1.165) is 0 Å². The summed E-state index contributed by atoms with van der Waals surface area (Å²) in [6, 6.07) is -1.51. The van der Waals surface area contributed by atoms with Crippen LogP contribution in [-0.4, -0.2) is 75.9 Å². The number of ether oxygens (including phenoxy) is 1. The summed E-state index contributed by atoms with van der Waals surface area (Å²) in [6.45, 7) is 2.15. The van der Waals surface area contributed by atoms with Crippen molar-refractivity contribution in [1.29, 1.82) is 0 Å². The highest BCUT2D eigenvalue weighted by Crippen LogP contribution is 2.08. The molecule has 0 aliphatic carbocycles. The van der Waals surface area contributed by atoms with Crippen molar-refractivity contribution >= 4 is 59.8 Å². The van der Waals surface area contributed by atoms with E-state index in [2.05, 4.69) is 22.7 Å². The minimum Gasteiger partial charge on any atom is -0.480 e. The molecule has 0 aromatic rings. The molecule has 140 valence electrons. The molecule has 0 aromatic heterocycles. The van der Waals surface area contributed by atoms with Crippen LogP contribution in [0.2, 0.25) is 0 Å². The number of carbonyl (C=O) groups excluding carboxylic acids is 2. The number of amides is 1. The van der Waals surface area contributed by atoms with E-state index in [1.807, 2.05) is 0 Å². The zero-order valence-electron chi connectivity index (χ0n) is 12.9. The van der Waals surface area contributed by atoms with Gasteiger partial charge in [0.25, 0.3) is 0 Å². The number of nitrogens with one attached hydrogen (secondary N) is 1. The number of nitrogens with two attached hydrogens (primary N) is 1. The number of carboxylic acids is 2. The summed E-state index contributed by atoms with van der Waals surface area (Å²) in [7, 11) is 0. The number of carboxylic acid groups (broad SMARTS) is 2. The molecule has 1 amide bonds. The number of halogens is 1. The van der Waals surface area contributed by atoms with Gasteiger partial charge >= 0.3 is 17.9 Å². The average molecular weight is 405 g/mol. The van der Waals surface area contributed by atoms with E-state index in [0.29, 0.717) is 18.1 Å². The molecule has 1 heterocycles. The molecule has 1 aliphatic rings. The van der Waals surface area contributed by atoms with Crippen molar-refractivity contribution in [3.05, 3.63) is 0 Å². The molecule has 1 aliphatic heterocycles.